The van der Waals surface area contributed by atoms with E-state index in [1.54, 1.807) is 6.07 Å². The number of nitrogens with two attached hydrogens (primary N) is 1. The van der Waals surface area contributed by atoms with Gasteiger partial charge in [-0.05, 0) is 47.1 Å². The molecule has 3 aliphatic rings. The number of rotatable bonds is 5. The van der Waals surface area contributed by atoms with Crippen LogP contribution in [0, 0.1) is 11.8 Å². The van der Waals surface area contributed by atoms with Crippen LogP contribution in [0.4, 0.5) is 0 Å². The molecular formula is C27H24N2O8. The highest BCUT2D eigenvalue weighted by Crippen LogP contribution is 2.53. The van der Waals surface area contributed by atoms with E-state index in [2.05, 4.69) is 5.32 Å². The lowest BCUT2D eigenvalue weighted by Crippen LogP contribution is -2.58. The van der Waals surface area contributed by atoms with Gasteiger partial charge in [-0.1, -0.05) is 30.3 Å². The highest BCUT2D eigenvalue weighted by atomic mass is 16.3. The maximum atomic E-state index is 13.6. The summed E-state index contributed by atoms with van der Waals surface area (Å²) in [5, 5.41) is 46.4. The molecule has 0 aromatic heterocycles. The van der Waals surface area contributed by atoms with Gasteiger partial charge in [-0.25, -0.2) is 0 Å². The van der Waals surface area contributed by atoms with Gasteiger partial charge in [0.1, 0.15) is 22.8 Å². The molecule has 2 aromatic carbocycles. The van der Waals surface area contributed by atoms with Gasteiger partial charge in [-0.15, -0.1) is 0 Å². The third kappa shape index (κ3) is 3.52. The fraction of sp³-hybridized carbons (Fsp3) is 0.259. The number of aliphatic hydroxyl groups excluding tert-OH is 2. The van der Waals surface area contributed by atoms with E-state index in [1.807, 2.05) is 24.3 Å². The minimum Gasteiger partial charge on any atom is -0.508 e. The van der Waals surface area contributed by atoms with Crippen LogP contribution in [-0.4, -0.2) is 49.9 Å². The van der Waals surface area contributed by atoms with Crippen molar-refractivity contribution in [3.05, 3.63) is 70.0 Å². The van der Waals surface area contributed by atoms with Gasteiger partial charge in [-0.2, -0.15) is 0 Å². The first kappa shape index (κ1) is 24.3. The van der Waals surface area contributed by atoms with Gasteiger partial charge in [0.15, 0.2) is 11.4 Å². The molecule has 0 spiro atoms. The normalized spacial score (nSPS) is 24.8. The number of carbonyl (C=O) groups is 4. The monoisotopic (exact) mass is 504 g/mol. The number of phenols is 1. The van der Waals surface area contributed by atoms with Crippen molar-refractivity contribution in [2.75, 3.05) is 0 Å². The number of hydrogen-bond donors (Lipinski definition) is 6. The molecule has 0 radical (unpaired) electrons. The summed E-state index contributed by atoms with van der Waals surface area (Å²) in [6.45, 7) is 0.357. The summed E-state index contributed by atoms with van der Waals surface area (Å²) in [6.07, 6.45) is 0.514. The van der Waals surface area contributed by atoms with Crippen molar-refractivity contribution in [1.29, 1.82) is 0 Å². The van der Waals surface area contributed by atoms with Gasteiger partial charge >= 0.3 is 0 Å². The van der Waals surface area contributed by atoms with E-state index in [-0.39, 0.29) is 36.1 Å². The van der Waals surface area contributed by atoms with Crippen LogP contribution in [-0.2, 0) is 32.1 Å². The zero-order valence-corrected chi connectivity index (χ0v) is 19.5. The van der Waals surface area contributed by atoms with Crippen molar-refractivity contribution in [2.24, 2.45) is 17.6 Å². The number of amides is 2. The molecular weight excluding hydrogens is 480 g/mol. The number of phenolic OH excluding ortho intramolecular Hbond substituents is 1. The summed E-state index contributed by atoms with van der Waals surface area (Å²) in [4.78, 5) is 48.4. The number of benzene rings is 2. The van der Waals surface area contributed by atoms with Gasteiger partial charge < -0.3 is 31.5 Å². The molecule has 0 saturated heterocycles. The third-order valence-corrected chi connectivity index (χ3v) is 7.60. The summed E-state index contributed by atoms with van der Waals surface area (Å²) >= 11 is 0. The Labute approximate surface area is 210 Å². The molecule has 1 fully saturated rings. The minimum atomic E-state index is -2.59. The van der Waals surface area contributed by atoms with Crippen LogP contribution in [0.5, 0.6) is 5.75 Å². The van der Waals surface area contributed by atoms with Crippen molar-refractivity contribution < 1.29 is 39.6 Å². The Bertz CT molecular complexity index is 1440. The molecule has 7 N–H and O–H groups in total. The SMILES string of the molecule is NC(=O)C1=C(O)[C@@]2(O)C(=O)C3=C(O)c4c(O)ccc(-c5ccc(CNC=O)cc5)c4C[C@H]3C[C@H]2CC1=O. The van der Waals surface area contributed by atoms with Crippen molar-refractivity contribution >= 4 is 29.6 Å². The molecule has 1 saturated carbocycles. The highest BCUT2D eigenvalue weighted by Gasteiger charge is 2.60. The van der Waals surface area contributed by atoms with E-state index in [4.69, 9.17) is 5.73 Å². The van der Waals surface area contributed by atoms with E-state index in [0.717, 1.165) is 11.1 Å². The second-order valence-electron chi connectivity index (χ2n) is 9.59. The zero-order chi connectivity index (χ0) is 26.6. The number of nitrogens with one attached hydrogen (secondary N) is 1. The summed E-state index contributed by atoms with van der Waals surface area (Å²) in [7, 11) is 0. The molecule has 2 amide bonds. The fourth-order valence-electron chi connectivity index (χ4n) is 5.85. The Balaban J connectivity index is 1.63. The van der Waals surface area contributed by atoms with Gasteiger partial charge in [-0.3, -0.25) is 19.2 Å². The van der Waals surface area contributed by atoms with Crippen LogP contribution in [0.25, 0.3) is 16.9 Å². The van der Waals surface area contributed by atoms with Crippen LogP contribution in [0.2, 0.25) is 0 Å². The number of carbonyl (C=O) groups excluding carboxylic acids is 4. The maximum Gasteiger partial charge on any atom is 0.255 e. The Kier molecular flexibility index (Phi) is 5.64. The van der Waals surface area contributed by atoms with Gasteiger partial charge in [0, 0.05) is 24.5 Å². The van der Waals surface area contributed by atoms with Crippen molar-refractivity contribution in [3.63, 3.8) is 0 Å². The summed E-state index contributed by atoms with van der Waals surface area (Å²) in [5.41, 5.74) is 4.60. The number of hydrogen-bond acceptors (Lipinski definition) is 8. The number of ketones is 2. The molecule has 2 aromatic rings. The molecule has 5 rings (SSSR count). The predicted octanol–water partition coefficient (Wildman–Crippen LogP) is 1.34. The smallest absolute Gasteiger partial charge is 0.255 e. The Morgan fingerprint density at radius 3 is 2.43 bits per heavy atom. The molecule has 0 heterocycles. The fourth-order valence-corrected chi connectivity index (χ4v) is 5.85. The first-order chi connectivity index (χ1) is 17.6. The number of primary amides is 1. The second kappa shape index (κ2) is 8.59. The quantitative estimate of drug-likeness (QED) is 0.260. The average molecular weight is 504 g/mol. The van der Waals surface area contributed by atoms with Gasteiger partial charge in [0.05, 0.1) is 5.56 Å². The van der Waals surface area contributed by atoms with E-state index in [0.29, 0.717) is 24.1 Å². The maximum absolute atomic E-state index is 13.6. The number of fused-ring (bicyclic) bond motifs is 3. The van der Waals surface area contributed by atoms with E-state index < -0.39 is 52.0 Å². The summed E-state index contributed by atoms with van der Waals surface area (Å²) in [6, 6.07) is 10.4. The van der Waals surface area contributed by atoms with Crippen LogP contribution in [0.1, 0.15) is 29.5 Å². The van der Waals surface area contributed by atoms with E-state index in [9.17, 15) is 39.6 Å². The van der Waals surface area contributed by atoms with Crippen molar-refractivity contribution in [1.82, 2.24) is 5.32 Å². The van der Waals surface area contributed by atoms with Crippen LogP contribution in [0.15, 0.2) is 53.3 Å². The lowest BCUT2D eigenvalue weighted by atomic mass is 9.59. The number of aliphatic hydroxyl groups is 3. The Morgan fingerprint density at radius 1 is 1.08 bits per heavy atom. The summed E-state index contributed by atoms with van der Waals surface area (Å²) in [5.74, 6) is -6.58. The first-order valence-electron chi connectivity index (χ1n) is 11.7. The Hall–Kier alpha value is -4.44. The zero-order valence-electron chi connectivity index (χ0n) is 19.5. The first-order valence-corrected chi connectivity index (χ1v) is 11.7. The molecule has 3 atom stereocenters. The lowest BCUT2D eigenvalue weighted by Gasteiger charge is -2.46. The van der Waals surface area contributed by atoms with Gasteiger partial charge in [0.25, 0.3) is 5.91 Å². The highest BCUT2D eigenvalue weighted by molar-refractivity contribution is 6.22. The van der Waals surface area contributed by atoms with Crippen LogP contribution < -0.4 is 11.1 Å². The molecule has 0 unspecified atom stereocenters. The van der Waals surface area contributed by atoms with E-state index in [1.165, 1.54) is 6.07 Å². The number of Topliss-reactive ketones (excluding diaryl/α,β-unsaturated/α-hetero) is 2. The van der Waals surface area contributed by atoms with Crippen LogP contribution in [0.3, 0.4) is 0 Å². The molecule has 190 valence electrons. The molecule has 3 aliphatic carbocycles. The molecule has 10 heteroatoms. The van der Waals surface area contributed by atoms with Crippen LogP contribution >= 0.6 is 0 Å². The lowest BCUT2D eigenvalue weighted by molar-refractivity contribution is -0.147. The minimum absolute atomic E-state index is 0.0383. The summed E-state index contributed by atoms with van der Waals surface area (Å²) < 4.78 is 0. The molecule has 0 bridgehead atoms. The largest absolute Gasteiger partial charge is 0.508 e. The van der Waals surface area contributed by atoms with Crippen molar-refractivity contribution in [2.45, 2.75) is 31.4 Å². The topological polar surface area (TPSA) is 187 Å². The molecule has 37 heavy (non-hydrogen) atoms. The number of aromatic hydroxyl groups is 1. The van der Waals surface area contributed by atoms with Gasteiger partial charge in [0.2, 0.25) is 12.2 Å². The van der Waals surface area contributed by atoms with E-state index >= 15 is 0 Å². The van der Waals surface area contributed by atoms with Crippen molar-refractivity contribution in [3.8, 4) is 16.9 Å². The third-order valence-electron chi connectivity index (χ3n) is 7.60. The molecule has 0 aliphatic heterocycles. The predicted molar refractivity (Wildman–Crippen MR) is 130 cm³/mol. The standard InChI is InChI=1S/C27H24N2O8/c28-26(36)22-19(32)9-15-7-14-8-17-16(13-3-1-12(2-4-13)10-29-11-30)5-6-18(31)21(17)23(33)20(14)24(34)27(15,37)25(22)35/h1-6,11,14-15,31,33,35,37H,7-10H2,(H2,28,36)(H,29,30)/t14-,15+,27+/m1/s1. The average Bonchev–Trinajstić information content (AvgIpc) is 2.85. The molecule has 10 nitrogen and oxygen atoms in total. The second-order valence-corrected chi connectivity index (χ2v) is 9.59. The Morgan fingerprint density at radius 2 is 1.78 bits per heavy atom.